The summed E-state index contributed by atoms with van der Waals surface area (Å²) >= 11 is 5.85. The fourth-order valence-corrected chi connectivity index (χ4v) is 4.69. The van der Waals surface area contributed by atoms with Gasteiger partial charge in [-0.2, -0.15) is 0 Å². The van der Waals surface area contributed by atoms with Gasteiger partial charge in [0.2, 0.25) is 0 Å². The molecule has 0 bridgehead atoms. The van der Waals surface area contributed by atoms with Crippen LogP contribution in [0, 0.1) is 0 Å². The van der Waals surface area contributed by atoms with Crippen molar-refractivity contribution in [3.63, 3.8) is 0 Å². The molecule has 3 aliphatic heterocycles. The van der Waals surface area contributed by atoms with Crippen molar-refractivity contribution in [2.24, 2.45) is 0 Å². The minimum absolute atomic E-state index is 0.0557. The standard InChI is InChI=1S/C13H18ClF2N2O7P/c1-6(2)24-26(21)22-5-13(11(15)16)9(25-26)8(19)10(23-13)18-4-7(14)3-17-12(18)20/h4,6,8-11,19H,3,5H2,1-2H3,(H,17,20)/t8-,9-,10+,13+,26?/m0/s1. The van der Waals surface area contributed by atoms with Crippen LogP contribution in [0.3, 0.4) is 0 Å². The van der Waals surface area contributed by atoms with Crippen molar-refractivity contribution in [1.29, 1.82) is 0 Å². The summed E-state index contributed by atoms with van der Waals surface area (Å²) in [4.78, 5) is 12.9. The van der Waals surface area contributed by atoms with Crippen LogP contribution in [0.4, 0.5) is 13.6 Å². The lowest BCUT2D eigenvalue weighted by Gasteiger charge is -2.39. The predicted octanol–water partition coefficient (Wildman–Crippen LogP) is 1.76. The summed E-state index contributed by atoms with van der Waals surface area (Å²) in [7, 11) is -4.19. The molecule has 0 spiro atoms. The fraction of sp³-hybridized carbons (Fsp3) is 0.769. The number of rotatable bonds is 4. The average Bonchev–Trinajstić information content (AvgIpc) is 2.83. The van der Waals surface area contributed by atoms with E-state index in [2.05, 4.69) is 5.32 Å². The van der Waals surface area contributed by atoms with Gasteiger partial charge in [0.1, 0.15) is 12.2 Å². The predicted molar refractivity (Wildman–Crippen MR) is 83.4 cm³/mol. The number of nitrogens with one attached hydrogen (secondary N) is 1. The maximum atomic E-state index is 13.8. The summed E-state index contributed by atoms with van der Waals surface area (Å²) in [6.45, 7) is 2.31. The lowest BCUT2D eigenvalue weighted by Crippen LogP contribution is -2.56. The van der Waals surface area contributed by atoms with Gasteiger partial charge >= 0.3 is 13.9 Å². The number of phosphoric ester groups is 1. The zero-order valence-corrected chi connectivity index (χ0v) is 15.5. The molecule has 2 fully saturated rings. The Hall–Kier alpha value is -0.810. The van der Waals surface area contributed by atoms with Crippen LogP contribution in [0.15, 0.2) is 11.2 Å². The smallest absolute Gasteiger partial charge is 0.386 e. The van der Waals surface area contributed by atoms with Crippen LogP contribution in [0.5, 0.6) is 0 Å². The van der Waals surface area contributed by atoms with E-state index in [0.29, 0.717) is 0 Å². The van der Waals surface area contributed by atoms with E-state index in [-0.39, 0.29) is 11.6 Å². The monoisotopic (exact) mass is 418 g/mol. The van der Waals surface area contributed by atoms with Crippen LogP contribution < -0.4 is 5.32 Å². The Bertz CT molecular complexity index is 666. The topological polar surface area (TPSA) is 107 Å². The van der Waals surface area contributed by atoms with E-state index < -0.39 is 57.0 Å². The lowest BCUT2D eigenvalue weighted by molar-refractivity contribution is -0.209. The second kappa shape index (κ2) is 6.97. The number of urea groups is 1. The van der Waals surface area contributed by atoms with Crippen molar-refractivity contribution in [2.75, 3.05) is 13.2 Å². The molecule has 3 heterocycles. The number of alkyl halides is 2. The number of carbonyl (C=O) groups excluding carboxylic acids is 1. The number of aliphatic hydroxyl groups excluding tert-OH is 1. The number of nitrogens with zero attached hydrogens (tertiary/aromatic N) is 1. The number of hydrogen-bond donors (Lipinski definition) is 2. The van der Waals surface area contributed by atoms with Gasteiger partial charge in [-0.1, -0.05) is 11.6 Å². The van der Waals surface area contributed by atoms with Gasteiger partial charge in [-0.05, 0) is 13.8 Å². The Balaban J connectivity index is 1.91. The van der Waals surface area contributed by atoms with Gasteiger partial charge in [-0.15, -0.1) is 0 Å². The first-order valence-electron chi connectivity index (χ1n) is 7.76. The fourth-order valence-electron chi connectivity index (χ4n) is 2.89. The molecule has 2 saturated heterocycles. The number of halogens is 3. The summed E-state index contributed by atoms with van der Waals surface area (Å²) in [5.74, 6) is 0. The molecule has 0 radical (unpaired) electrons. The number of phosphoric acid groups is 1. The Morgan fingerprint density at radius 2 is 2.23 bits per heavy atom. The zero-order valence-electron chi connectivity index (χ0n) is 13.8. The molecule has 148 valence electrons. The molecular formula is C13H18ClF2N2O7P. The molecule has 0 aromatic carbocycles. The quantitative estimate of drug-likeness (QED) is 0.670. The first kappa shape index (κ1) is 19.9. The van der Waals surface area contributed by atoms with Crippen LogP contribution in [-0.2, 0) is 22.9 Å². The Morgan fingerprint density at radius 3 is 2.85 bits per heavy atom. The normalized spacial score (nSPS) is 40.6. The molecule has 2 N–H and O–H groups in total. The average molecular weight is 419 g/mol. The summed E-state index contributed by atoms with van der Waals surface area (Å²) in [5, 5.41) is 13.1. The molecule has 0 aliphatic carbocycles. The summed E-state index contributed by atoms with van der Waals surface area (Å²) in [6.07, 6.45) is -7.61. The number of amides is 2. The van der Waals surface area contributed by atoms with E-state index in [1.807, 2.05) is 0 Å². The van der Waals surface area contributed by atoms with E-state index in [9.17, 15) is 23.2 Å². The van der Waals surface area contributed by atoms with E-state index in [4.69, 9.17) is 29.9 Å². The van der Waals surface area contributed by atoms with Crippen molar-refractivity contribution in [3.8, 4) is 0 Å². The lowest BCUT2D eigenvalue weighted by atomic mass is 9.96. The summed E-state index contributed by atoms with van der Waals surface area (Å²) < 4.78 is 60.5. The largest absolute Gasteiger partial charge is 0.475 e. The molecule has 9 nitrogen and oxygen atoms in total. The molecule has 3 rings (SSSR count). The van der Waals surface area contributed by atoms with Gasteiger partial charge in [-0.3, -0.25) is 18.5 Å². The molecule has 5 atom stereocenters. The number of carbonyl (C=O) groups is 1. The number of aliphatic hydroxyl groups is 1. The van der Waals surface area contributed by atoms with E-state index >= 15 is 0 Å². The first-order valence-corrected chi connectivity index (χ1v) is 9.59. The van der Waals surface area contributed by atoms with Gasteiger partial charge in [0.05, 0.1) is 24.3 Å². The van der Waals surface area contributed by atoms with E-state index in [1.165, 1.54) is 0 Å². The van der Waals surface area contributed by atoms with Crippen LogP contribution >= 0.6 is 19.4 Å². The molecule has 13 heteroatoms. The number of hydrogen-bond acceptors (Lipinski definition) is 7. The zero-order chi connectivity index (χ0) is 19.3. The van der Waals surface area contributed by atoms with Gasteiger partial charge in [0.15, 0.2) is 11.8 Å². The molecule has 0 aromatic rings. The SMILES string of the molecule is CC(C)OP1(=O)OC[C@@]2(C(F)F)O[C@@H](N3C=C(Cl)CNC3=O)[C@@H](O)[C@@H]2O1. The second-order valence-electron chi connectivity index (χ2n) is 6.30. The Morgan fingerprint density at radius 1 is 1.54 bits per heavy atom. The van der Waals surface area contributed by atoms with Crippen molar-refractivity contribution in [2.45, 2.75) is 50.4 Å². The van der Waals surface area contributed by atoms with Crippen molar-refractivity contribution < 1.29 is 41.6 Å². The third-order valence-corrected chi connectivity index (χ3v) is 5.86. The molecular weight excluding hydrogens is 401 g/mol. The highest BCUT2D eigenvalue weighted by Gasteiger charge is 2.68. The van der Waals surface area contributed by atoms with Crippen LogP contribution in [0.2, 0.25) is 0 Å². The van der Waals surface area contributed by atoms with Crippen molar-refractivity contribution in [1.82, 2.24) is 10.2 Å². The summed E-state index contributed by atoms with van der Waals surface area (Å²) in [6, 6.07) is -0.705. The van der Waals surface area contributed by atoms with Crippen LogP contribution in [0.25, 0.3) is 0 Å². The molecule has 0 aromatic heterocycles. The second-order valence-corrected chi connectivity index (χ2v) is 8.36. The molecule has 3 aliphatic rings. The highest BCUT2D eigenvalue weighted by Crippen LogP contribution is 2.60. The van der Waals surface area contributed by atoms with E-state index in [0.717, 1.165) is 11.1 Å². The minimum atomic E-state index is -4.19. The van der Waals surface area contributed by atoms with Crippen LogP contribution in [0.1, 0.15) is 13.8 Å². The molecule has 2 amide bonds. The van der Waals surface area contributed by atoms with Crippen molar-refractivity contribution >= 4 is 25.5 Å². The molecule has 26 heavy (non-hydrogen) atoms. The molecule has 1 unspecified atom stereocenters. The number of ether oxygens (including phenoxy) is 1. The van der Waals surface area contributed by atoms with E-state index in [1.54, 1.807) is 13.8 Å². The summed E-state index contributed by atoms with van der Waals surface area (Å²) in [5.41, 5.74) is -2.42. The Kier molecular flexibility index (Phi) is 5.35. The van der Waals surface area contributed by atoms with Gasteiger partial charge in [0.25, 0.3) is 6.43 Å². The highest BCUT2D eigenvalue weighted by molar-refractivity contribution is 7.48. The maximum absolute atomic E-state index is 13.8. The van der Waals surface area contributed by atoms with Gasteiger partial charge < -0.3 is 15.2 Å². The third kappa shape index (κ3) is 3.37. The van der Waals surface area contributed by atoms with Crippen LogP contribution in [-0.4, -0.2) is 65.8 Å². The highest BCUT2D eigenvalue weighted by atomic mass is 35.5. The first-order chi connectivity index (χ1) is 12.1. The van der Waals surface area contributed by atoms with Gasteiger partial charge in [0, 0.05) is 6.20 Å². The number of fused-ring (bicyclic) bond motifs is 1. The van der Waals surface area contributed by atoms with Gasteiger partial charge in [-0.25, -0.2) is 18.1 Å². The minimum Gasteiger partial charge on any atom is -0.386 e. The Labute approximate surface area is 152 Å². The third-order valence-electron chi connectivity index (χ3n) is 4.02. The maximum Gasteiger partial charge on any atom is 0.475 e. The molecule has 0 saturated carbocycles. The van der Waals surface area contributed by atoms with Crippen molar-refractivity contribution in [3.05, 3.63) is 11.2 Å².